The van der Waals surface area contributed by atoms with Gasteiger partial charge in [0.2, 0.25) is 0 Å². The van der Waals surface area contributed by atoms with E-state index in [1.807, 2.05) is 0 Å². The minimum atomic E-state index is -0.762. The highest BCUT2D eigenvalue weighted by atomic mass is 16.6. The van der Waals surface area contributed by atoms with Gasteiger partial charge in [0.15, 0.2) is 6.10 Å². The summed E-state index contributed by atoms with van der Waals surface area (Å²) in [4.78, 5) is 37.8. The quantitative estimate of drug-likeness (QED) is 0.0350. The SMILES string of the molecule is CCC(C)CCCCCCCCCCCCC(=O)OC[C@H](COC(=O)CCCCCCCCCCC(C)CC)OC(=O)CCCCCCCCCC(C)C. The Bertz CT molecular complexity index is 841. The molecule has 0 spiro atoms. The fourth-order valence-corrected chi connectivity index (χ4v) is 6.99. The number of hydrogen-bond acceptors (Lipinski definition) is 6. The smallest absolute Gasteiger partial charge is 0.306 e. The summed E-state index contributed by atoms with van der Waals surface area (Å²) in [6.45, 7) is 13.7. The van der Waals surface area contributed by atoms with Crippen LogP contribution >= 0.6 is 0 Å². The van der Waals surface area contributed by atoms with Gasteiger partial charge in [0, 0.05) is 19.3 Å². The monoisotopic (exact) mass is 765 g/mol. The number of carbonyl (C=O) groups is 3. The van der Waals surface area contributed by atoms with Gasteiger partial charge in [-0.15, -0.1) is 0 Å². The predicted octanol–water partition coefficient (Wildman–Crippen LogP) is 14.8. The van der Waals surface area contributed by atoms with Crippen LogP contribution in [0.1, 0.15) is 253 Å². The molecule has 3 atom stereocenters. The Morgan fingerprint density at radius 2 is 0.648 bits per heavy atom. The molecule has 0 aromatic heterocycles. The molecule has 0 aromatic carbocycles. The van der Waals surface area contributed by atoms with Crippen molar-refractivity contribution in [2.75, 3.05) is 13.2 Å². The Hall–Kier alpha value is -1.59. The number of unbranched alkanes of at least 4 members (excludes halogenated alkanes) is 22. The summed E-state index contributed by atoms with van der Waals surface area (Å²) in [5, 5.41) is 0. The summed E-state index contributed by atoms with van der Waals surface area (Å²) in [7, 11) is 0. The third kappa shape index (κ3) is 38.7. The second kappa shape index (κ2) is 39.6. The topological polar surface area (TPSA) is 78.9 Å². The molecular formula is C48H92O6. The van der Waals surface area contributed by atoms with E-state index in [4.69, 9.17) is 14.2 Å². The van der Waals surface area contributed by atoms with Gasteiger partial charge in [-0.25, -0.2) is 0 Å². The average Bonchev–Trinajstić information content (AvgIpc) is 3.15. The van der Waals surface area contributed by atoms with Crippen molar-refractivity contribution in [2.24, 2.45) is 17.8 Å². The summed E-state index contributed by atoms with van der Waals surface area (Å²) in [5.74, 6) is 1.63. The van der Waals surface area contributed by atoms with Crippen molar-refractivity contribution in [1.29, 1.82) is 0 Å². The van der Waals surface area contributed by atoms with Gasteiger partial charge >= 0.3 is 17.9 Å². The lowest BCUT2D eigenvalue weighted by Gasteiger charge is -2.18. The van der Waals surface area contributed by atoms with Crippen LogP contribution in [-0.4, -0.2) is 37.2 Å². The molecule has 0 saturated carbocycles. The molecule has 2 unspecified atom stereocenters. The van der Waals surface area contributed by atoms with E-state index in [0.717, 1.165) is 75.5 Å². The zero-order valence-electron chi connectivity index (χ0n) is 37.0. The lowest BCUT2D eigenvalue weighted by Crippen LogP contribution is -2.30. The molecular weight excluding hydrogens is 673 g/mol. The maximum Gasteiger partial charge on any atom is 0.306 e. The van der Waals surface area contributed by atoms with Gasteiger partial charge in [-0.1, -0.05) is 215 Å². The Morgan fingerprint density at radius 1 is 0.370 bits per heavy atom. The van der Waals surface area contributed by atoms with Crippen LogP contribution in [0.15, 0.2) is 0 Å². The molecule has 6 nitrogen and oxygen atoms in total. The van der Waals surface area contributed by atoms with Crippen molar-refractivity contribution in [2.45, 2.75) is 260 Å². The first kappa shape index (κ1) is 52.4. The van der Waals surface area contributed by atoms with E-state index in [0.29, 0.717) is 19.3 Å². The third-order valence-electron chi connectivity index (χ3n) is 11.4. The maximum absolute atomic E-state index is 12.7. The zero-order chi connectivity index (χ0) is 39.9. The highest BCUT2D eigenvalue weighted by Gasteiger charge is 2.19. The van der Waals surface area contributed by atoms with Gasteiger partial charge in [-0.3, -0.25) is 14.4 Å². The summed E-state index contributed by atoms with van der Waals surface area (Å²) >= 11 is 0. The van der Waals surface area contributed by atoms with Crippen LogP contribution in [0.4, 0.5) is 0 Å². The normalized spacial score (nSPS) is 13.2. The fraction of sp³-hybridized carbons (Fsp3) is 0.938. The Labute approximate surface area is 336 Å². The molecule has 0 aliphatic carbocycles. The highest BCUT2D eigenvalue weighted by molar-refractivity contribution is 5.71. The molecule has 0 N–H and O–H groups in total. The summed E-state index contributed by atoms with van der Waals surface area (Å²) in [6.07, 6.45) is 36.5. The van der Waals surface area contributed by atoms with Crippen molar-refractivity contribution in [1.82, 2.24) is 0 Å². The predicted molar refractivity (Wildman–Crippen MR) is 229 cm³/mol. The molecule has 0 amide bonds. The first-order valence-corrected chi connectivity index (χ1v) is 23.7. The summed E-state index contributed by atoms with van der Waals surface area (Å²) < 4.78 is 16.7. The van der Waals surface area contributed by atoms with Gasteiger partial charge in [0.05, 0.1) is 0 Å². The molecule has 0 heterocycles. The Balaban J connectivity index is 4.34. The maximum atomic E-state index is 12.7. The molecule has 0 aromatic rings. The minimum Gasteiger partial charge on any atom is -0.462 e. The minimum absolute atomic E-state index is 0.0665. The average molecular weight is 765 g/mol. The van der Waals surface area contributed by atoms with E-state index in [1.54, 1.807) is 0 Å². The van der Waals surface area contributed by atoms with Crippen LogP contribution in [0.5, 0.6) is 0 Å². The van der Waals surface area contributed by atoms with Gasteiger partial charge in [-0.2, -0.15) is 0 Å². The van der Waals surface area contributed by atoms with E-state index >= 15 is 0 Å². The van der Waals surface area contributed by atoms with Crippen LogP contribution in [-0.2, 0) is 28.6 Å². The van der Waals surface area contributed by atoms with Crippen LogP contribution < -0.4 is 0 Å². The number of ether oxygens (including phenoxy) is 3. The molecule has 320 valence electrons. The lowest BCUT2D eigenvalue weighted by molar-refractivity contribution is -0.167. The van der Waals surface area contributed by atoms with Crippen LogP contribution in [0.2, 0.25) is 0 Å². The molecule has 6 heteroatoms. The number of hydrogen-bond donors (Lipinski definition) is 0. The first-order valence-electron chi connectivity index (χ1n) is 23.7. The second-order valence-electron chi connectivity index (χ2n) is 17.4. The lowest BCUT2D eigenvalue weighted by atomic mass is 9.99. The van der Waals surface area contributed by atoms with E-state index in [9.17, 15) is 14.4 Å². The van der Waals surface area contributed by atoms with Gasteiger partial charge in [0.25, 0.3) is 0 Å². The molecule has 0 bridgehead atoms. The molecule has 54 heavy (non-hydrogen) atoms. The van der Waals surface area contributed by atoms with Gasteiger partial charge < -0.3 is 14.2 Å². The molecule has 0 saturated heterocycles. The fourth-order valence-electron chi connectivity index (χ4n) is 6.99. The molecule has 0 radical (unpaired) electrons. The summed E-state index contributed by atoms with van der Waals surface area (Å²) in [6, 6.07) is 0. The Kier molecular flexibility index (Phi) is 38.5. The van der Waals surface area contributed by atoms with E-state index in [-0.39, 0.29) is 31.1 Å². The van der Waals surface area contributed by atoms with Crippen LogP contribution in [0.25, 0.3) is 0 Å². The standard InChI is InChI=1S/C48H92O6/c1-7-43(5)35-29-23-17-11-9-10-12-19-25-31-37-46(49)52-40-45(54-48(51)39-33-27-21-15-16-22-28-34-42(3)4)41-53-47(50)38-32-26-20-14-13-18-24-30-36-44(6)8-2/h42-45H,7-41H2,1-6H3/t43?,44?,45-/m1/s1. The number of esters is 3. The van der Waals surface area contributed by atoms with Crippen molar-refractivity contribution >= 4 is 17.9 Å². The Morgan fingerprint density at radius 3 is 0.963 bits per heavy atom. The van der Waals surface area contributed by atoms with Gasteiger partial charge in [0.1, 0.15) is 13.2 Å². The highest BCUT2D eigenvalue weighted by Crippen LogP contribution is 2.18. The van der Waals surface area contributed by atoms with E-state index in [2.05, 4.69) is 41.5 Å². The van der Waals surface area contributed by atoms with E-state index in [1.165, 1.54) is 135 Å². The van der Waals surface area contributed by atoms with Crippen molar-refractivity contribution in [3.8, 4) is 0 Å². The largest absolute Gasteiger partial charge is 0.462 e. The second-order valence-corrected chi connectivity index (χ2v) is 17.4. The number of carbonyl (C=O) groups excluding carboxylic acids is 3. The van der Waals surface area contributed by atoms with Crippen molar-refractivity contribution in [3.63, 3.8) is 0 Å². The molecule has 0 aliphatic heterocycles. The number of rotatable bonds is 41. The molecule has 0 aliphatic rings. The summed E-state index contributed by atoms with van der Waals surface area (Å²) in [5.41, 5.74) is 0. The van der Waals surface area contributed by atoms with Crippen molar-refractivity contribution in [3.05, 3.63) is 0 Å². The van der Waals surface area contributed by atoms with Crippen molar-refractivity contribution < 1.29 is 28.6 Å². The van der Waals surface area contributed by atoms with Gasteiger partial charge in [-0.05, 0) is 37.0 Å². The van der Waals surface area contributed by atoms with Crippen LogP contribution in [0.3, 0.4) is 0 Å². The molecule has 0 rings (SSSR count). The van der Waals surface area contributed by atoms with E-state index < -0.39 is 6.10 Å². The zero-order valence-corrected chi connectivity index (χ0v) is 37.0. The molecule has 0 fully saturated rings. The third-order valence-corrected chi connectivity index (χ3v) is 11.4. The van der Waals surface area contributed by atoms with Crippen LogP contribution in [0, 0.1) is 17.8 Å². The first-order chi connectivity index (χ1) is 26.2.